The monoisotopic (exact) mass is 349 g/mol. The number of rotatable bonds is 5. The average molecular weight is 350 g/mol. The molecule has 1 heterocycles. The molecule has 1 aliphatic rings. The summed E-state index contributed by atoms with van der Waals surface area (Å²) in [6.07, 6.45) is 2.48. The number of hydrogen-bond acceptors (Lipinski definition) is 4. The summed E-state index contributed by atoms with van der Waals surface area (Å²) in [4.78, 5) is 15.7. The van der Waals surface area contributed by atoms with E-state index in [9.17, 15) is 4.79 Å². The minimum atomic E-state index is -0.125. The number of aromatic nitrogens is 2. The Balaban J connectivity index is 1.78. The van der Waals surface area contributed by atoms with Crippen LogP contribution in [0.1, 0.15) is 43.5 Å². The fourth-order valence-corrected chi connectivity index (χ4v) is 2.77. The maximum absolute atomic E-state index is 11.3. The minimum Gasteiger partial charge on any atom is -0.347 e. The number of nitrogens with one attached hydrogen (secondary N) is 1. The second-order valence-corrected chi connectivity index (χ2v) is 6.15. The van der Waals surface area contributed by atoms with Crippen molar-refractivity contribution in [1.82, 2.24) is 15.5 Å². The van der Waals surface area contributed by atoms with E-state index in [4.69, 9.17) is 4.52 Å². The molecule has 0 unspecified atom stereocenters. The zero-order valence-electron chi connectivity index (χ0n) is 11.7. The number of hydrogen-bond donors (Lipinski definition) is 1. The number of amides is 1. The van der Waals surface area contributed by atoms with Gasteiger partial charge >= 0.3 is 0 Å². The number of carbonyl (C=O) groups excluding carboxylic acids is 1. The normalized spacial score (nSPS) is 15.7. The van der Waals surface area contributed by atoms with Crippen LogP contribution in [-0.2, 0) is 16.8 Å². The van der Waals surface area contributed by atoms with Crippen LogP contribution in [0.2, 0.25) is 0 Å². The van der Waals surface area contributed by atoms with Crippen LogP contribution in [-0.4, -0.2) is 16.0 Å². The van der Waals surface area contributed by atoms with Crippen LogP contribution in [0, 0.1) is 0 Å². The van der Waals surface area contributed by atoms with Gasteiger partial charge < -0.3 is 9.84 Å². The van der Waals surface area contributed by atoms with Crippen molar-refractivity contribution in [2.45, 2.75) is 38.1 Å². The molecule has 1 aromatic carbocycles. The Morgan fingerprint density at radius 2 is 2.29 bits per heavy atom. The predicted octanol–water partition coefficient (Wildman–Crippen LogP) is 2.94. The molecular formula is C15H16BrN3O2. The Kier molecular flexibility index (Phi) is 3.80. The lowest BCUT2D eigenvalue weighted by molar-refractivity contribution is -0.121. The van der Waals surface area contributed by atoms with Gasteiger partial charge in [-0.05, 0) is 30.5 Å². The van der Waals surface area contributed by atoms with E-state index in [0.717, 1.165) is 17.3 Å². The van der Waals surface area contributed by atoms with Gasteiger partial charge in [-0.15, -0.1) is 0 Å². The molecule has 3 rings (SSSR count). The van der Waals surface area contributed by atoms with Gasteiger partial charge in [-0.3, -0.25) is 4.79 Å². The number of carbonyl (C=O) groups is 1. The van der Waals surface area contributed by atoms with E-state index < -0.39 is 0 Å². The first kappa shape index (κ1) is 14.3. The summed E-state index contributed by atoms with van der Waals surface area (Å²) in [5.74, 6) is 1.14. The van der Waals surface area contributed by atoms with E-state index in [1.165, 1.54) is 5.56 Å². The molecular weight excluding hydrogens is 334 g/mol. The van der Waals surface area contributed by atoms with Gasteiger partial charge in [0, 0.05) is 10.9 Å². The molecule has 1 fully saturated rings. The van der Waals surface area contributed by atoms with E-state index in [-0.39, 0.29) is 17.9 Å². The highest BCUT2D eigenvalue weighted by molar-refractivity contribution is 9.10. The Hall–Kier alpha value is -1.69. The second-order valence-electron chi connectivity index (χ2n) is 5.23. The van der Waals surface area contributed by atoms with Crippen LogP contribution in [0.3, 0.4) is 0 Å². The molecule has 0 saturated heterocycles. The molecule has 5 nitrogen and oxygen atoms in total. The largest absolute Gasteiger partial charge is 0.347 e. The zero-order valence-corrected chi connectivity index (χ0v) is 13.3. The van der Waals surface area contributed by atoms with Crippen molar-refractivity contribution >= 4 is 21.8 Å². The molecule has 110 valence electrons. The maximum Gasteiger partial charge on any atom is 0.246 e. The third-order valence-electron chi connectivity index (χ3n) is 3.78. The van der Waals surface area contributed by atoms with E-state index in [1.807, 2.05) is 12.1 Å². The van der Waals surface area contributed by atoms with Crippen molar-refractivity contribution in [3.63, 3.8) is 0 Å². The third-order valence-corrected chi connectivity index (χ3v) is 4.27. The van der Waals surface area contributed by atoms with Gasteiger partial charge in [0.05, 0.1) is 12.0 Å². The summed E-state index contributed by atoms with van der Waals surface area (Å²) < 4.78 is 6.30. The topological polar surface area (TPSA) is 68.0 Å². The molecule has 1 aromatic heterocycles. The lowest BCUT2D eigenvalue weighted by atomic mass is 9.95. The molecule has 0 aliphatic heterocycles. The van der Waals surface area contributed by atoms with Crippen molar-refractivity contribution in [2.75, 3.05) is 0 Å². The number of halogens is 1. The number of benzene rings is 1. The first-order valence-corrected chi connectivity index (χ1v) is 7.79. The Bertz CT molecular complexity index is 664. The van der Waals surface area contributed by atoms with Crippen LogP contribution in [0.4, 0.5) is 0 Å². The predicted molar refractivity (Wildman–Crippen MR) is 80.6 cm³/mol. The SMILES string of the molecule is CCC(=O)NCc1nc(C2(c3cccc(Br)c3)CC2)no1. The molecule has 21 heavy (non-hydrogen) atoms. The molecule has 1 aliphatic carbocycles. The van der Waals surface area contributed by atoms with E-state index in [0.29, 0.717) is 18.1 Å². The van der Waals surface area contributed by atoms with Crippen molar-refractivity contribution in [3.8, 4) is 0 Å². The van der Waals surface area contributed by atoms with Gasteiger partial charge in [-0.1, -0.05) is 40.1 Å². The van der Waals surface area contributed by atoms with Crippen molar-refractivity contribution in [2.24, 2.45) is 0 Å². The number of nitrogens with zero attached hydrogens (tertiary/aromatic N) is 2. The molecule has 0 bridgehead atoms. The van der Waals surface area contributed by atoms with Gasteiger partial charge in [0.1, 0.15) is 0 Å². The van der Waals surface area contributed by atoms with Crippen LogP contribution >= 0.6 is 15.9 Å². The third kappa shape index (κ3) is 2.85. The van der Waals surface area contributed by atoms with Crippen LogP contribution in [0.15, 0.2) is 33.3 Å². The van der Waals surface area contributed by atoms with Crippen molar-refractivity contribution < 1.29 is 9.32 Å². The summed E-state index contributed by atoms with van der Waals surface area (Å²) in [5, 5.41) is 6.85. The highest BCUT2D eigenvalue weighted by Gasteiger charge is 2.50. The standard InChI is InChI=1S/C15H16BrN3O2/c1-2-12(20)17-9-13-18-14(19-21-13)15(6-7-15)10-4-3-5-11(16)8-10/h3-5,8H,2,6-7,9H2,1H3,(H,17,20). The van der Waals surface area contributed by atoms with Crippen LogP contribution in [0.25, 0.3) is 0 Å². The summed E-state index contributed by atoms with van der Waals surface area (Å²) in [5.41, 5.74) is 1.07. The quantitative estimate of drug-likeness (QED) is 0.900. The highest BCUT2D eigenvalue weighted by Crippen LogP contribution is 2.52. The molecule has 0 atom stereocenters. The first-order valence-electron chi connectivity index (χ1n) is 7.00. The molecule has 0 radical (unpaired) electrons. The Morgan fingerprint density at radius 1 is 1.48 bits per heavy atom. The van der Waals surface area contributed by atoms with Crippen LogP contribution < -0.4 is 5.32 Å². The summed E-state index contributed by atoms with van der Waals surface area (Å²) in [7, 11) is 0. The van der Waals surface area contributed by atoms with Gasteiger partial charge in [-0.2, -0.15) is 4.98 Å². The van der Waals surface area contributed by atoms with Crippen molar-refractivity contribution in [3.05, 3.63) is 46.0 Å². The molecule has 1 N–H and O–H groups in total. The first-order chi connectivity index (χ1) is 10.1. The van der Waals surface area contributed by atoms with Gasteiger partial charge in [0.25, 0.3) is 0 Å². The lowest BCUT2D eigenvalue weighted by Gasteiger charge is -2.11. The summed E-state index contributed by atoms with van der Waals surface area (Å²) in [6, 6.07) is 8.21. The minimum absolute atomic E-state index is 0.0251. The Labute approximate surface area is 131 Å². The van der Waals surface area contributed by atoms with E-state index >= 15 is 0 Å². The lowest BCUT2D eigenvalue weighted by Crippen LogP contribution is -2.21. The molecule has 0 spiro atoms. The maximum atomic E-state index is 11.3. The average Bonchev–Trinajstić information content (AvgIpc) is 3.17. The molecule has 1 saturated carbocycles. The highest BCUT2D eigenvalue weighted by atomic mass is 79.9. The fourth-order valence-electron chi connectivity index (χ4n) is 2.37. The van der Waals surface area contributed by atoms with E-state index in [1.54, 1.807) is 6.92 Å². The smallest absolute Gasteiger partial charge is 0.246 e. The fraction of sp³-hybridized carbons (Fsp3) is 0.400. The summed E-state index contributed by atoms with van der Waals surface area (Å²) >= 11 is 3.50. The van der Waals surface area contributed by atoms with Gasteiger partial charge in [0.2, 0.25) is 11.8 Å². The zero-order chi connectivity index (χ0) is 14.9. The Morgan fingerprint density at radius 3 is 2.95 bits per heavy atom. The second kappa shape index (κ2) is 5.60. The molecule has 6 heteroatoms. The van der Waals surface area contributed by atoms with Gasteiger partial charge in [-0.25, -0.2) is 0 Å². The molecule has 2 aromatic rings. The van der Waals surface area contributed by atoms with Crippen LogP contribution in [0.5, 0.6) is 0 Å². The summed E-state index contributed by atoms with van der Waals surface area (Å²) in [6.45, 7) is 2.09. The van der Waals surface area contributed by atoms with Crippen molar-refractivity contribution in [1.29, 1.82) is 0 Å². The van der Waals surface area contributed by atoms with Gasteiger partial charge in [0.15, 0.2) is 5.82 Å². The van der Waals surface area contributed by atoms with E-state index in [2.05, 4.69) is 43.5 Å². The molecule has 1 amide bonds.